The smallest absolute Gasteiger partial charge is 0.225 e. The average molecular weight is 316 g/mol. The molecule has 1 aromatic rings. The first-order valence-corrected chi connectivity index (χ1v) is 8.80. The number of likely N-dealkylation sites (tertiary alicyclic amines) is 1. The largest absolute Gasteiger partial charge is 0.497 e. The van der Waals surface area contributed by atoms with Crippen molar-refractivity contribution in [3.05, 3.63) is 29.8 Å². The molecule has 3 rings (SSSR count). The van der Waals surface area contributed by atoms with Crippen molar-refractivity contribution in [1.82, 2.24) is 10.2 Å². The molecule has 2 fully saturated rings. The van der Waals surface area contributed by atoms with E-state index >= 15 is 0 Å². The van der Waals surface area contributed by atoms with Gasteiger partial charge in [-0.1, -0.05) is 19.1 Å². The fourth-order valence-corrected chi connectivity index (χ4v) is 3.61. The van der Waals surface area contributed by atoms with Gasteiger partial charge in [0.2, 0.25) is 5.91 Å². The summed E-state index contributed by atoms with van der Waals surface area (Å²) in [5, 5.41) is 3.26. The Kier molecular flexibility index (Phi) is 5.21. The Morgan fingerprint density at radius 2 is 1.91 bits per heavy atom. The van der Waals surface area contributed by atoms with Crippen LogP contribution in [0.2, 0.25) is 0 Å². The summed E-state index contributed by atoms with van der Waals surface area (Å²) in [6.07, 6.45) is 3.34. The van der Waals surface area contributed by atoms with Crippen molar-refractivity contribution < 1.29 is 9.53 Å². The van der Waals surface area contributed by atoms with E-state index in [0.717, 1.165) is 51.2 Å². The van der Waals surface area contributed by atoms with Crippen LogP contribution in [0.5, 0.6) is 5.75 Å². The van der Waals surface area contributed by atoms with E-state index in [1.165, 1.54) is 5.56 Å². The molecule has 0 radical (unpaired) electrons. The third-order valence-corrected chi connectivity index (χ3v) is 5.52. The number of hydrogen-bond donors (Lipinski definition) is 1. The lowest BCUT2D eigenvalue weighted by molar-refractivity contribution is -0.138. The van der Waals surface area contributed by atoms with Crippen molar-refractivity contribution in [2.24, 2.45) is 17.8 Å². The Balaban J connectivity index is 1.46. The summed E-state index contributed by atoms with van der Waals surface area (Å²) in [7, 11) is 1.70. The Hall–Kier alpha value is -1.55. The molecule has 2 aliphatic heterocycles. The van der Waals surface area contributed by atoms with E-state index in [-0.39, 0.29) is 5.92 Å². The molecule has 4 nitrogen and oxygen atoms in total. The second kappa shape index (κ2) is 7.35. The summed E-state index contributed by atoms with van der Waals surface area (Å²) in [5.74, 6) is 2.68. The minimum absolute atomic E-state index is 0.175. The molecular weight excluding hydrogens is 288 g/mol. The van der Waals surface area contributed by atoms with Crippen LogP contribution in [-0.2, 0) is 11.2 Å². The quantitative estimate of drug-likeness (QED) is 0.906. The van der Waals surface area contributed by atoms with Gasteiger partial charge in [-0.2, -0.15) is 0 Å². The average Bonchev–Trinajstić information content (AvgIpc) is 2.54. The van der Waals surface area contributed by atoms with E-state index in [2.05, 4.69) is 29.3 Å². The van der Waals surface area contributed by atoms with E-state index in [0.29, 0.717) is 17.7 Å². The van der Waals surface area contributed by atoms with Gasteiger partial charge in [-0.05, 0) is 61.9 Å². The molecule has 2 heterocycles. The van der Waals surface area contributed by atoms with Gasteiger partial charge in [-0.15, -0.1) is 0 Å². The highest BCUT2D eigenvalue weighted by Gasteiger charge is 2.33. The molecule has 0 aliphatic carbocycles. The molecule has 1 N–H and O–H groups in total. The van der Waals surface area contributed by atoms with Crippen molar-refractivity contribution in [3.8, 4) is 5.75 Å². The highest BCUT2D eigenvalue weighted by Crippen LogP contribution is 2.25. The second-order valence-electron chi connectivity index (χ2n) is 7.03. The number of ether oxygens (including phenoxy) is 1. The molecule has 23 heavy (non-hydrogen) atoms. The van der Waals surface area contributed by atoms with Crippen LogP contribution in [0.25, 0.3) is 0 Å². The number of nitrogens with one attached hydrogen (secondary N) is 1. The Morgan fingerprint density at radius 1 is 1.26 bits per heavy atom. The van der Waals surface area contributed by atoms with Crippen molar-refractivity contribution in [2.75, 3.05) is 33.3 Å². The molecule has 2 aliphatic rings. The minimum Gasteiger partial charge on any atom is -0.497 e. The maximum Gasteiger partial charge on any atom is 0.225 e. The Bertz CT molecular complexity index is 517. The number of nitrogens with zero attached hydrogens (tertiary/aromatic N) is 1. The molecule has 4 heteroatoms. The number of benzene rings is 1. The molecule has 0 saturated carbocycles. The monoisotopic (exact) mass is 316 g/mol. The highest BCUT2D eigenvalue weighted by molar-refractivity contribution is 5.79. The normalized spacial score (nSPS) is 20.9. The van der Waals surface area contributed by atoms with Crippen molar-refractivity contribution in [3.63, 3.8) is 0 Å². The molecule has 126 valence electrons. The predicted octanol–water partition coefficient (Wildman–Crippen LogP) is 2.33. The second-order valence-corrected chi connectivity index (χ2v) is 7.03. The molecule has 2 saturated heterocycles. The topological polar surface area (TPSA) is 41.6 Å². The first-order chi connectivity index (χ1) is 11.2. The summed E-state index contributed by atoms with van der Waals surface area (Å²) in [6, 6.07) is 8.37. The van der Waals surface area contributed by atoms with Gasteiger partial charge in [0.25, 0.3) is 0 Å². The van der Waals surface area contributed by atoms with E-state index in [9.17, 15) is 4.79 Å². The molecule has 0 bridgehead atoms. The fourth-order valence-electron chi connectivity index (χ4n) is 3.61. The molecule has 0 aromatic heterocycles. The van der Waals surface area contributed by atoms with E-state index < -0.39 is 0 Å². The number of hydrogen-bond acceptors (Lipinski definition) is 3. The zero-order valence-electron chi connectivity index (χ0n) is 14.3. The molecule has 1 aromatic carbocycles. The van der Waals surface area contributed by atoms with Crippen LogP contribution in [0.4, 0.5) is 0 Å². The van der Waals surface area contributed by atoms with Crippen LogP contribution < -0.4 is 10.1 Å². The third-order valence-electron chi connectivity index (χ3n) is 5.52. The number of amides is 1. The zero-order valence-corrected chi connectivity index (χ0v) is 14.3. The lowest BCUT2D eigenvalue weighted by Gasteiger charge is -2.38. The van der Waals surface area contributed by atoms with Crippen LogP contribution >= 0.6 is 0 Å². The van der Waals surface area contributed by atoms with Crippen molar-refractivity contribution in [2.45, 2.75) is 26.2 Å². The third kappa shape index (κ3) is 3.86. The lowest BCUT2D eigenvalue weighted by Crippen LogP contribution is -2.51. The van der Waals surface area contributed by atoms with Gasteiger partial charge in [-0.3, -0.25) is 4.79 Å². The van der Waals surface area contributed by atoms with Gasteiger partial charge in [-0.25, -0.2) is 0 Å². The number of carbonyl (C=O) groups excluding carboxylic acids is 1. The van der Waals surface area contributed by atoms with Gasteiger partial charge >= 0.3 is 0 Å². The van der Waals surface area contributed by atoms with Crippen molar-refractivity contribution >= 4 is 5.91 Å². The molecule has 0 spiro atoms. The van der Waals surface area contributed by atoms with Crippen LogP contribution in [0, 0.1) is 17.8 Å². The van der Waals surface area contributed by atoms with Crippen LogP contribution in [0.1, 0.15) is 25.3 Å². The van der Waals surface area contributed by atoms with Crippen molar-refractivity contribution in [1.29, 1.82) is 0 Å². The van der Waals surface area contributed by atoms with Gasteiger partial charge in [0.15, 0.2) is 0 Å². The first kappa shape index (κ1) is 16.3. The van der Waals surface area contributed by atoms with Crippen LogP contribution in [0.3, 0.4) is 0 Å². The predicted molar refractivity (Wildman–Crippen MR) is 91.5 cm³/mol. The molecular formula is C19H28N2O2. The van der Waals surface area contributed by atoms with E-state index in [1.54, 1.807) is 7.11 Å². The molecule has 1 amide bonds. The maximum atomic E-state index is 12.6. The van der Waals surface area contributed by atoms with E-state index in [4.69, 9.17) is 4.74 Å². The maximum absolute atomic E-state index is 12.6. The first-order valence-electron chi connectivity index (χ1n) is 8.80. The fraction of sp³-hybridized carbons (Fsp3) is 0.632. The van der Waals surface area contributed by atoms with Crippen LogP contribution in [0.15, 0.2) is 24.3 Å². The summed E-state index contributed by atoms with van der Waals surface area (Å²) >= 11 is 0. The van der Waals surface area contributed by atoms with Gasteiger partial charge in [0.05, 0.1) is 7.11 Å². The summed E-state index contributed by atoms with van der Waals surface area (Å²) < 4.78 is 5.21. The lowest BCUT2D eigenvalue weighted by atomic mass is 9.86. The number of methoxy groups -OCH3 is 1. The Labute approximate surface area is 139 Å². The zero-order chi connectivity index (χ0) is 16.2. The van der Waals surface area contributed by atoms with Gasteiger partial charge < -0.3 is 15.0 Å². The summed E-state index contributed by atoms with van der Waals surface area (Å²) in [5.41, 5.74) is 1.37. The SMILES string of the molecule is COc1ccc(CC2CCN(C(=O)C(C)C3CNC3)CC2)cc1. The van der Waals surface area contributed by atoms with Crippen LogP contribution in [-0.4, -0.2) is 44.1 Å². The summed E-state index contributed by atoms with van der Waals surface area (Å²) in [4.78, 5) is 14.6. The standard InChI is InChI=1S/C19H28N2O2/c1-14(17-12-20-13-17)19(22)21-9-7-16(8-10-21)11-15-3-5-18(23-2)6-4-15/h3-6,14,16-17,20H,7-13H2,1-2H3. The van der Waals surface area contributed by atoms with Gasteiger partial charge in [0, 0.05) is 19.0 Å². The van der Waals surface area contributed by atoms with Gasteiger partial charge in [0.1, 0.15) is 5.75 Å². The number of piperidine rings is 1. The summed E-state index contributed by atoms with van der Waals surface area (Å²) in [6.45, 7) is 5.94. The Morgan fingerprint density at radius 3 is 2.43 bits per heavy atom. The molecule has 1 atom stereocenters. The van der Waals surface area contributed by atoms with E-state index in [1.807, 2.05) is 12.1 Å². The molecule has 1 unspecified atom stereocenters. The number of carbonyl (C=O) groups is 1. The highest BCUT2D eigenvalue weighted by atomic mass is 16.5. The number of rotatable bonds is 5. The minimum atomic E-state index is 0.175.